The zero-order chi connectivity index (χ0) is 25.5. The molecule has 0 aliphatic carbocycles. The van der Waals surface area contributed by atoms with E-state index in [1.807, 2.05) is 12.1 Å². The number of halogens is 2. The Balaban J connectivity index is 0.000000927. The van der Waals surface area contributed by atoms with Crippen LogP contribution in [0.25, 0.3) is 11.0 Å². The van der Waals surface area contributed by atoms with Crippen LogP contribution in [0, 0.1) is 5.92 Å². The third-order valence-electron chi connectivity index (χ3n) is 5.80. The SMILES string of the molecule is C.CC(C)(F)F.CCCC(CC)Cn1c(C(C)(C)C)nc2cc(N(C)SN3CCNCC3)ccc21. The van der Waals surface area contributed by atoms with Crippen molar-refractivity contribution in [1.82, 2.24) is 19.2 Å². The van der Waals surface area contributed by atoms with Crippen molar-refractivity contribution in [3.63, 3.8) is 0 Å². The van der Waals surface area contributed by atoms with Gasteiger partial charge in [-0.05, 0) is 44.4 Å². The first-order chi connectivity index (χ1) is 15.8. The van der Waals surface area contributed by atoms with Gasteiger partial charge in [-0.3, -0.25) is 0 Å². The van der Waals surface area contributed by atoms with Gasteiger partial charge in [0.1, 0.15) is 5.82 Å². The lowest BCUT2D eigenvalue weighted by Crippen LogP contribution is -2.41. The summed E-state index contributed by atoms with van der Waals surface area (Å²) in [5, 5.41) is 3.42. The summed E-state index contributed by atoms with van der Waals surface area (Å²) in [5.74, 6) is -0.583. The number of anilines is 1. The molecule has 1 aromatic carbocycles. The van der Waals surface area contributed by atoms with Gasteiger partial charge in [0, 0.05) is 57.3 Å². The maximum absolute atomic E-state index is 11.0. The van der Waals surface area contributed by atoms with Crippen LogP contribution in [0.3, 0.4) is 0 Å². The highest BCUT2D eigenvalue weighted by molar-refractivity contribution is 7.98. The van der Waals surface area contributed by atoms with Gasteiger partial charge in [0.05, 0.1) is 16.7 Å². The third kappa shape index (κ3) is 10.3. The van der Waals surface area contributed by atoms with Gasteiger partial charge >= 0.3 is 0 Å². The van der Waals surface area contributed by atoms with Gasteiger partial charge in [0.25, 0.3) is 0 Å². The summed E-state index contributed by atoms with van der Waals surface area (Å²) in [6.07, 6.45) is 3.75. The van der Waals surface area contributed by atoms with Crippen molar-refractivity contribution >= 4 is 28.9 Å². The first-order valence-corrected chi connectivity index (χ1v) is 13.3. The highest BCUT2D eigenvalue weighted by Gasteiger charge is 2.25. The molecule has 1 fully saturated rings. The van der Waals surface area contributed by atoms with Crippen LogP contribution < -0.4 is 9.62 Å². The van der Waals surface area contributed by atoms with Crippen LogP contribution in [0.4, 0.5) is 14.5 Å². The zero-order valence-electron chi connectivity index (χ0n) is 22.4. The third-order valence-corrected chi connectivity index (χ3v) is 6.85. The quantitative estimate of drug-likeness (QED) is 0.373. The Morgan fingerprint density at radius 1 is 1.11 bits per heavy atom. The molecule has 1 N–H and O–H groups in total. The Labute approximate surface area is 217 Å². The summed E-state index contributed by atoms with van der Waals surface area (Å²) in [4.78, 5) is 5.12. The van der Waals surface area contributed by atoms with Gasteiger partial charge in [-0.25, -0.2) is 18.1 Å². The summed E-state index contributed by atoms with van der Waals surface area (Å²) in [5.41, 5.74) is 3.64. The Kier molecular flexibility index (Phi) is 12.5. The van der Waals surface area contributed by atoms with Gasteiger partial charge in [-0.2, -0.15) is 0 Å². The second-order valence-corrected chi connectivity index (χ2v) is 11.8. The molecule has 2 aromatic rings. The molecule has 1 aliphatic rings. The van der Waals surface area contributed by atoms with E-state index in [-0.39, 0.29) is 12.8 Å². The maximum atomic E-state index is 11.0. The average molecular weight is 514 g/mol. The topological polar surface area (TPSA) is 36.3 Å². The van der Waals surface area contributed by atoms with Crippen LogP contribution in [0.15, 0.2) is 18.2 Å². The lowest BCUT2D eigenvalue weighted by atomic mass is 9.94. The highest BCUT2D eigenvalue weighted by Crippen LogP contribution is 2.32. The van der Waals surface area contributed by atoms with Crippen LogP contribution in [0.1, 0.15) is 81.0 Å². The fraction of sp³-hybridized carbons (Fsp3) is 0.741. The summed E-state index contributed by atoms with van der Waals surface area (Å²) in [7, 11) is 2.16. The molecule has 0 spiro atoms. The van der Waals surface area contributed by atoms with Gasteiger partial charge in [0.2, 0.25) is 5.92 Å². The van der Waals surface area contributed by atoms with Gasteiger partial charge in [0.15, 0.2) is 0 Å². The number of alkyl halides is 2. The molecule has 1 atom stereocenters. The number of aromatic nitrogens is 2. The van der Waals surface area contributed by atoms with Crippen LogP contribution in [0.2, 0.25) is 0 Å². The number of nitrogens with zero attached hydrogens (tertiary/aromatic N) is 4. The molecule has 0 amide bonds. The molecule has 8 heteroatoms. The lowest BCUT2D eigenvalue weighted by molar-refractivity contribution is 0.0437. The van der Waals surface area contributed by atoms with E-state index in [1.165, 1.54) is 36.3 Å². The first-order valence-electron chi connectivity index (χ1n) is 12.6. The van der Waals surface area contributed by atoms with Crippen molar-refractivity contribution in [1.29, 1.82) is 0 Å². The van der Waals surface area contributed by atoms with Crippen LogP contribution in [0.5, 0.6) is 0 Å². The zero-order valence-corrected chi connectivity index (χ0v) is 23.2. The molecule has 0 saturated carbocycles. The van der Waals surface area contributed by atoms with Crippen LogP contribution >= 0.6 is 12.1 Å². The summed E-state index contributed by atoms with van der Waals surface area (Å²) >= 11 is 1.81. The molecular formula is C27H49F2N5S. The minimum atomic E-state index is -2.50. The fourth-order valence-corrected chi connectivity index (χ4v) is 5.01. The molecule has 1 aromatic heterocycles. The maximum Gasteiger partial charge on any atom is 0.242 e. The molecule has 0 radical (unpaired) electrons. The summed E-state index contributed by atoms with van der Waals surface area (Å²) < 4.78 is 29.2. The van der Waals surface area contributed by atoms with Crippen molar-refractivity contribution in [3.05, 3.63) is 24.0 Å². The van der Waals surface area contributed by atoms with Crippen LogP contribution in [-0.4, -0.2) is 53.0 Å². The summed E-state index contributed by atoms with van der Waals surface area (Å²) in [6, 6.07) is 6.79. The second kappa shape index (κ2) is 13.8. The van der Waals surface area contributed by atoms with E-state index < -0.39 is 5.92 Å². The number of benzene rings is 1. The molecule has 202 valence electrons. The number of hydrogen-bond acceptors (Lipinski definition) is 5. The van der Waals surface area contributed by atoms with Crippen molar-refractivity contribution in [2.24, 2.45) is 5.92 Å². The Morgan fingerprint density at radius 2 is 1.71 bits per heavy atom. The van der Waals surface area contributed by atoms with E-state index in [0.717, 1.165) is 52.1 Å². The Morgan fingerprint density at radius 3 is 2.23 bits per heavy atom. The molecule has 1 aliphatic heterocycles. The molecule has 5 nitrogen and oxygen atoms in total. The minimum Gasteiger partial charge on any atom is -0.327 e. The van der Waals surface area contributed by atoms with Crippen molar-refractivity contribution in [2.75, 3.05) is 37.5 Å². The Bertz CT molecular complexity index is 876. The number of rotatable bonds is 8. The highest BCUT2D eigenvalue weighted by atomic mass is 32.2. The largest absolute Gasteiger partial charge is 0.327 e. The van der Waals surface area contributed by atoms with E-state index in [0.29, 0.717) is 5.92 Å². The molecule has 0 bridgehead atoms. The predicted octanol–water partition coefficient (Wildman–Crippen LogP) is 7.36. The van der Waals surface area contributed by atoms with Crippen LogP contribution in [-0.2, 0) is 12.0 Å². The number of imidazole rings is 1. The van der Waals surface area contributed by atoms with E-state index in [9.17, 15) is 8.78 Å². The van der Waals surface area contributed by atoms with E-state index in [2.05, 4.69) is 78.4 Å². The Hall–Kier alpha value is -1.38. The number of fused-ring (bicyclic) bond motifs is 1. The molecule has 2 heterocycles. The number of nitrogens with one attached hydrogen (secondary N) is 1. The van der Waals surface area contributed by atoms with E-state index in [1.54, 1.807) is 0 Å². The molecular weight excluding hydrogens is 464 g/mol. The van der Waals surface area contributed by atoms with E-state index >= 15 is 0 Å². The summed E-state index contributed by atoms with van der Waals surface area (Å²) in [6.45, 7) is 18.5. The lowest BCUT2D eigenvalue weighted by Gasteiger charge is -2.30. The van der Waals surface area contributed by atoms with Crippen molar-refractivity contribution in [3.8, 4) is 0 Å². The normalized spacial score (nSPS) is 15.8. The smallest absolute Gasteiger partial charge is 0.242 e. The second-order valence-electron chi connectivity index (χ2n) is 10.6. The average Bonchev–Trinajstić information content (AvgIpc) is 3.11. The van der Waals surface area contributed by atoms with Gasteiger partial charge < -0.3 is 14.2 Å². The predicted molar refractivity (Wildman–Crippen MR) is 151 cm³/mol. The van der Waals surface area contributed by atoms with Crippen molar-refractivity contribution in [2.45, 2.75) is 93.0 Å². The standard InChI is InChI=1S/C23H39N5S.C3H6F2.CH4/c1-7-9-18(8-2)17-28-21-11-10-19(16-20(21)25-22(28)23(3,4)5)26(6)29-27-14-12-24-13-15-27;1-3(2,4)5;/h10-11,16,18,24H,7-9,12-15,17H2,1-6H3;1-2H3;1H4. The minimum absolute atomic E-state index is 0. The monoisotopic (exact) mass is 513 g/mol. The number of piperazine rings is 1. The van der Waals surface area contributed by atoms with Gasteiger partial charge in [-0.15, -0.1) is 0 Å². The van der Waals surface area contributed by atoms with E-state index in [4.69, 9.17) is 4.98 Å². The molecule has 1 unspecified atom stereocenters. The fourth-order valence-electron chi connectivity index (χ4n) is 4.11. The first kappa shape index (κ1) is 31.6. The van der Waals surface area contributed by atoms with Gasteiger partial charge in [-0.1, -0.05) is 54.9 Å². The number of hydrogen-bond donors (Lipinski definition) is 1. The molecule has 1 saturated heterocycles. The molecule has 35 heavy (non-hydrogen) atoms. The van der Waals surface area contributed by atoms with Crippen molar-refractivity contribution < 1.29 is 8.78 Å². The molecule has 3 rings (SSSR count).